The number of hydrogen-bond donors (Lipinski definition) is 1. The van der Waals surface area contributed by atoms with E-state index in [9.17, 15) is 23.5 Å². The lowest BCUT2D eigenvalue weighted by molar-refractivity contribution is -0.152. The first kappa shape index (κ1) is 27.6. The predicted molar refractivity (Wildman–Crippen MR) is 141 cm³/mol. The molecule has 0 aromatic carbocycles. The van der Waals surface area contributed by atoms with Crippen molar-refractivity contribution in [1.82, 2.24) is 14.8 Å². The standard InChI is InChI=1S/C27H40F2N4O4S/c1-25(2,3)37-24(36)33-17-26(7-4-8-26)21(34)15-19(33)22(35)31-11-5-18(6-12-31)20-16-30-23(38-20)32-13-9-27(28,29)10-14-32/h16,18-19,21,34H,4-15,17H2,1-3H3/t19-,21+/m0/s1. The van der Waals surface area contributed by atoms with Gasteiger partial charge in [0.15, 0.2) is 5.13 Å². The van der Waals surface area contributed by atoms with Gasteiger partial charge < -0.3 is 19.6 Å². The number of hydrogen-bond acceptors (Lipinski definition) is 7. The van der Waals surface area contributed by atoms with Gasteiger partial charge in [-0.3, -0.25) is 9.69 Å². The number of aliphatic hydroxyl groups is 1. The maximum absolute atomic E-state index is 13.7. The van der Waals surface area contributed by atoms with Gasteiger partial charge in [-0.05, 0) is 52.4 Å². The second-order valence-corrected chi connectivity index (χ2v) is 13.6. The zero-order valence-electron chi connectivity index (χ0n) is 22.6. The zero-order valence-corrected chi connectivity index (χ0v) is 23.4. The Hall–Kier alpha value is -2.01. The smallest absolute Gasteiger partial charge is 0.410 e. The average Bonchev–Trinajstić information content (AvgIpc) is 3.31. The number of alkyl halides is 2. The number of halogens is 2. The Morgan fingerprint density at radius 2 is 1.76 bits per heavy atom. The van der Waals surface area contributed by atoms with Gasteiger partial charge in [0.05, 0.1) is 6.10 Å². The van der Waals surface area contributed by atoms with E-state index in [0.29, 0.717) is 32.7 Å². The number of carbonyl (C=O) groups excluding carboxylic acids is 2. The molecule has 3 aliphatic heterocycles. The third-order valence-electron chi connectivity index (χ3n) is 8.76. The van der Waals surface area contributed by atoms with Gasteiger partial charge in [-0.15, -0.1) is 11.3 Å². The second-order valence-electron chi connectivity index (χ2n) is 12.6. The molecule has 2 amide bonds. The maximum atomic E-state index is 13.7. The minimum Gasteiger partial charge on any atom is -0.444 e. The Labute approximate surface area is 227 Å². The molecule has 1 saturated carbocycles. The van der Waals surface area contributed by atoms with Crippen LogP contribution in [-0.2, 0) is 9.53 Å². The molecule has 4 fully saturated rings. The van der Waals surface area contributed by atoms with Crippen molar-refractivity contribution in [2.45, 2.75) is 102 Å². The number of ether oxygens (including phenoxy) is 1. The summed E-state index contributed by atoms with van der Waals surface area (Å²) in [4.78, 5) is 37.8. The van der Waals surface area contributed by atoms with Crippen molar-refractivity contribution in [3.8, 4) is 0 Å². The molecule has 212 valence electrons. The van der Waals surface area contributed by atoms with Crippen molar-refractivity contribution in [3.63, 3.8) is 0 Å². The number of rotatable bonds is 3. The van der Waals surface area contributed by atoms with Crippen molar-refractivity contribution in [2.24, 2.45) is 5.41 Å². The Kier molecular flexibility index (Phi) is 7.39. The van der Waals surface area contributed by atoms with Gasteiger partial charge in [-0.25, -0.2) is 18.6 Å². The Morgan fingerprint density at radius 1 is 1.11 bits per heavy atom. The average molecular weight is 555 g/mol. The van der Waals surface area contributed by atoms with Crippen LogP contribution in [0.15, 0.2) is 6.20 Å². The lowest BCUT2D eigenvalue weighted by Crippen LogP contribution is -2.64. The van der Waals surface area contributed by atoms with Crippen LogP contribution in [0.4, 0.5) is 18.7 Å². The number of thiazole rings is 1. The Bertz CT molecular complexity index is 1020. The molecule has 0 bridgehead atoms. The van der Waals surface area contributed by atoms with E-state index in [0.717, 1.165) is 42.1 Å². The summed E-state index contributed by atoms with van der Waals surface area (Å²) in [7, 11) is 0. The van der Waals surface area contributed by atoms with Gasteiger partial charge in [0.2, 0.25) is 5.91 Å². The second kappa shape index (κ2) is 10.2. The van der Waals surface area contributed by atoms with E-state index in [1.165, 1.54) is 0 Å². The summed E-state index contributed by atoms with van der Waals surface area (Å²) in [6.45, 7) is 7.55. The number of nitrogens with zero attached hydrogens (tertiary/aromatic N) is 4. The number of piperidine rings is 3. The molecule has 2 atom stereocenters. The molecule has 1 spiro atoms. The Balaban J connectivity index is 1.21. The number of carbonyl (C=O) groups is 2. The van der Waals surface area contributed by atoms with Gasteiger partial charge >= 0.3 is 6.09 Å². The summed E-state index contributed by atoms with van der Waals surface area (Å²) in [5.74, 6) is -2.45. The fourth-order valence-corrected chi connectivity index (χ4v) is 7.38. The molecule has 4 heterocycles. The molecule has 11 heteroatoms. The molecular weight excluding hydrogens is 514 g/mol. The van der Waals surface area contributed by atoms with Crippen molar-refractivity contribution in [3.05, 3.63) is 11.1 Å². The molecule has 1 aromatic heterocycles. The molecular formula is C27H40F2N4O4S. The SMILES string of the molecule is CC(C)(C)OC(=O)N1CC2(CCC2)[C@H](O)C[C@H]1C(=O)N1CCC(c2cnc(N3CCC(F)(F)CC3)s2)CC1. The van der Waals surface area contributed by atoms with Crippen LogP contribution < -0.4 is 4.90 Å². The summed E-state index contributed by atoms with van der Waals surface area (Å²) >= 11 is 1.57. The van der Waals surface area contributed by atoms with E-state index < -0.39 is 29.8 Å². The lowest BCUT2D eigenvalue weighted by atomic mass is 9.61. The van der Waals surface area contributed by atoms with E-state index in [2.05, 4.69) is 4.98 Å². The first-order chi connectivity index (χ1) is 17.9. The molecule has 5 rings (SSSR count). The van der Waals surface area contributed by atoms with Crippen molar-refractivity contribution in [1.29, 1.82) is 0 Å². The molecule has 4 aliphatic rings. The summed E-state index contributed by atoms with van der Waals surface area (Å²) in [5, 5.41) is 11.8. The monoisotopic (exact) mass is 554 g/mol. The van der Waals surface area contributed by atoms with Crippen LogP contribution >= 0.6 is 11.3 Å². The number of anilines is 1. The van der Waals surface area contributed by atoms with Gasteiger partial charge in [0.1, 0.15) is 11.6 Å². The first-order valence-corrected chi connectivity index (χ1v) is 14.7. The van der Waals surface area contributed by atoms with Gasteiger partial charge in [-0.1, -0.05) is 6.42 Å². The fourth-order valence-electron chi connectivity index (χ4n) is 6.24. The van der Waals surface area contributed by atoms with Crippen LogP contribution in [0, 0.1) is 5.41 Å². The normalized spacial score (nSPS) is 27.8. The molecule has 1 N–H and O–H groups in total. The maximum Gasteiger partial charge on any atom is 0.410 e. The molecule has 8 nitrogen and oxygen atoms in total. The predicted octanol–water partition coefficient (Wildman–Crippen LogP) is 4.63. The number of likely N-dealkylation sites (tertiary alicyclic amines) is 2. The van der Waals surface area contributed by atoms with Crippen molar-refractivity contribution in [2.75, 3.05) is 37.6 Å². The van der Waals surface area contributed by atoms with Crippen LogP contribution in [0.3, 0.4) is 0 Å². The highest BCUT2D eigenvalue weighted by atomic mass is 32.1. The van der Waals surface area contributed by atoms with E-state index in [1.807, 2.05) is 36.8 Å². The summed E-state index contributed by atoms with van der Waals surface area (Å²) in [6, 6.07) is -0.727. The fraction of sp³-hybridized carbons (Fsp3) is 0.815. The minimum absolute atomic E-state index is 0.123. The highest BCUT2D eigenvalue weighted by Gasteiger charge is 2.54. The third-order valence-corrected chi connectivity index (χ3v) is 9.98. The topological polar surface area (TPSA) is 86.2 Å². The van der Waals surface area contributed by atoms with Crippen molar-refractivity contribution >= 4 is 28.5 Å². The molecule has 1 aliphatic carbocycles. The van der Waals surface area contributed by atoms with E-state index in [1.54, 1.807) is 16.2 Å². The number of amides is 2. The highest BCUT2D eigenvalue weighted by Crippen LogP contribution is 2.49. The van der Waals surface area contributed by atoms with Crippen LogP contribution in [-0.4, -0.2) is 88.3 Å². The molecule has 1 aromatic rings. The van der Waals surface area contributed by atoms with E-state index in [-0.39, 0.29) is 36.5 Å². The lowest BCUT2D eigenvalue weighted by Gasteiger charge is -2.54. The van der Waals surface area contributed by atoms with Crippen LogP contribution in [0.2, 0.25) is 0 Å². The molecule has 0 unspecified atom stereocenters. The summed E-state index contributed by atoms with van der Waals surface area (Å²) in [6.07, 6.45) is 5.01. The number of aliphatic hydroxyl groups excluding tert-OH is 1. The van der Waals surface area contributed by atoms with Crippen LogP contribution in [0.25, 0.3) is 0 Å². The first-order valence-electron chi connectivity index (χ1n) is 13.9. The van der Waals surface area contributed by atoms with Crippen LogP contribution in [0.1, 0.15) is 82.9 Å². The summed E-state index contributed by atoms with van der Waals surface area (Å²) < 4.78 is 32.7. The summed E-state index contributed by atoms with van der Waals surface area (Å²) in [5.41, 5.74) is -0.997. The van der Waals surface area contributed by atoms with Gasteiger partial charge in [-0.2, -0.15) is 0 Å². The van der Waals surface area contributed by atoms with Gasteiger partial charge in [0, 0.05) is 68.5 Å². The third kappa shape index (κ3) is 5.64. The van der Waals surface area contributed by atoms with Crippen LogP contribution in [0.5, 0.6) is 0 Å². The molecule has 0 radical (unpaired) electrons. The highest BCUT2D eigenvalue weighted by molar-refractivity contribution is 7.15. The minimum atomic E-state index is -2.58. The molecule has 3 saturated heterocycles. The number of aromatic nitrogens is 1. The quantitative estimate of drug-likeness (QED) is 0.587. The van der Waals surface area contributed by atoms with Crippen molar-refractivity contribution < 1.29 is 28.2 Å². The zero-order chi connectivity index (χ0) is 27.3. The Morgan fingerprint density at radius 3 is 2.34 bits per heavy atom. The molecule has 38 heavy (non-hydrogen) atoms. The van der Waals surface area contributed by atoms with E-state index in [4.69, 9.17) is 4.74 Å². The van der Waals surface area contributed by atoms with E-state index >= 15 is 0 Å². The largest absolute Gasteiger partial charge is 0.444 e. The van der Waals surface area contributed by atoms with Gasteiger partial charge in [0.25, 0.3) is 5.92 Å².